The molecule has 0 spiro atoms. The van der Waals surface area contributed by atoms with Gasteiger partial charge < -0.3 is 0 Å². The van der Waals surface area contributed by atoms with Gasteiger partial charge in [-0.3, -0.25) is 20.2 Å². The zero-order valence-corrected chi connectivity index (χ0v) is 13.0. The van der Waals surface area contributed by atoms with Gasteiger partial charge in [0.25, 0.3) is 0 Å². The van der Waals surface area contributed by atoms with Crippen molar-refractivity contribution in [1.29, 1.82) is 0 Å². The summed E-state index contributed by atoms with van der Waals surface area (Å²) in [5.74, 6) is -0.152. The summed E-state index contributed by atoms with van der Waals surface area (Å²) in [5.41, 5.74) is 1.58. The topological polar surface area (TPSA) is 83.6 Å². The largest absolute Gasteiger partial charge is 0.293 e. The predicted octanol–water partition coefficient (Wildman–Crippen LogP) is 2.67. The predicted molar refractivity (Wildman–Crippen MR) is 86.9 cm³/mol. The van der Waals surface area contributed by atoms with Gasteiger partial charge in [-0.15, -0.1) is 5.10 Å². The van der Waals surface area contributed by atoms with Gasteiger partial charge in [0, 0.05) is 18.8 Å². The van der Waals surface area contributed by atoms with E-state index < -0.39 is 0 Å². The second-order valence-electron chi connectivity index (χ2n) is 5.41. The SMILES string of the molecule is C[C@@H](C(=O)Nc1n[nH]c(Cc2cccc(F)c2)n1)c1cccnc1. The minimum Gasteiger partial charge on any atom is -0.293 e. The van der Waals surface area contributed by atoms with Crippen LogP contribution >= 0.6 is 0 Å². The number of halogens is 1. The molecule has 0 unspecified atom stereocenters. The number of hydrogen-bond acceptors (Lipinski definition) is 4. The summed E-state index contributed by atoms with van der Waals surface area (Å²) in [6.07, 6.45) is 3.71. The Labute approximate surface area is 138 Å². The number of pyridine rings is 1. The molecule has 0 bridgehead atoms. The first kappa shape index (κ1) is 15.8. The van der Waals surface area contributed by atoms with Crippen LogP contribution in [0.25, 0.3) is 0 Å². The molecule has 0 radical (unpaired) electrons. The third kappa shape index (κ3) is 3.81. The summed E-state index contributed by atoms with van der Waals surface area (Å²) in [5, 5.41) is 9.38. The first-order chi connectivity index (χ1) is 11.6. The van der Waals surface area contributed by atoms with E-state index in [0.717, 1.165) is 11.1 Å². The maximum Gasteiger partial charge on any atom is 0.248 e. The fraction of sp³-hybridized carbons (Fsp3) is 0.176. The Hall–Kier alpha value is -3.09. The molecule has 24 heavy (non-hydrogen) atoms. The molecule has 7 heteroatoms. The highest BCUT2D eigenvalue weighted by Gasteiger charge is 2.17. The first-order valence-corrected chi connectivity index (χ1v) is 7.48. The summed E-state index contributed by atoms with van der Waals surface area (Å²) in [7, 11) is 0. The highest BCUT2D eigenvalue weighted by molar-refractivity contribution is 5.94. The lowest BCUT2D eigenvalue weighted by Gasteiger charge is -2.09. The summed E-state index contributed by atoms with van der Waals surface area (Å²) in [6.45, 7) is 1.78. The third-order valence-corrected chi connectivity index (χ3v) is 3.61. The van der Waals surface area contributed by atoms with Crippen molar-refractivity contribution in [2.24, 2.45) is 0 Å². The molecule has 1 aromatic carbocycles. The molecule has 1 atom stereocenters. The molecule has 1 amide bonds. The molecule has 0 fully saturated rings. The van der Waals surface area contributed by atoms with Crippen LogP contribution in [0.5, 0.6) is 0 Å². The van der Waals surface area contributed by atoms with E-state index in [0.29, 0.717) is 12.2 Å². The van der Waals surface area contributed by atoms with Gasteiger partial charge >= 0.3 is 0 Å². The molecule has 2 heterocycles. The molecule has 0 saturated carbocycles. The van der Waals surface area contributed by atoms with Crippen molar-refractivity contribution in [3.63, 3.8) is 0 Å². The fourth-order valence-corrected chi connectivity index (χ4v) is 2.27. The summed E-state index contributed by atoms with van der Waals surface area (Å²) in [6, 6.07) is 9.88. The average Bonchev–Trinajstić information content (AvgIpc) is 3.02. The molecule has 6 nitrogen and oxygen atoms in total. The molecule has 2 N–H and O–H groups in total. The highest BCUT2D eigenvalue weighted by Crippen LogP contribution is 2.15. The molecule has 0 aliphatic heterocycles. The number of carbonyl (C=O) groups excluding carboxylic acids is 1. The van der Waals surface area contributed by atoms with Crippen LogP contribution in [0.4, 0.5) is 10.3 Å². The second kappa shape index (κ2) is 6.99. The minimum atomic E-state index is -0.371. The monoisotopic (exact) mass is 325 g/mol. The van der Waals surface area contributed by atoms with Gasteiger partial charge in [-0.05, 0) is 36.2 Å². The second-order valence-corrected chi connectivity index (χ2v) is 5.41. The molecule has 3 aromatic rings. The Bertz CT molecular complexity index is 834. The number of amides is 1. The van der Waals surface area contributed by atoms with Crippen LogP contribution < -0.4 is 5.32 Å². The van der Waals surface area contributed by atoms with Gasteiger partial charge in [-0.1, -0.05) is 18.2 Å². The van der Waals surface area contributed by atoms with E-state index in [1.165, 1.54) is 12.1 Å². The lowest BCUT2D eigenvalue weighted by atomic mass is 10.0. The van der Waals surface area contributed by atoms with Crippen LogP contribution in [-0.4, -0.2) is 26.1 Å². The van der Waals surface area contributed by atoms with E-state index in [-0.39, 0.29) is 23.6 Å². The van der Waals surface area contributed by atoms with Crippen LogP contribution in [-0.2, 0) is 11.2 Å². The van der Waals surface area contributed by atoms with Gasteiger partial charge in [0.1, 0.15) is 11.6 Å². The highest BCUT2D eigenvalue weighted by atomic mass is 19.1. The average molecular weight is 325 g/mol. The Balaban J connectivity index is 1.64. The molecule has 3 rings (SSSR count). The van der Waals surface area contributed by atoms with Gasteiger partial charge in [0.2, 0.25) is 11.9 Å². The number of hydrogen-bond donors (Lipinski definition) is 2. The van der Waals surface area contributed by atoms with Crippen LogP contribution in [0.3, 0.4) is 0 Å². The third-order valence-electron chi connectivity index (χ3n) is 3.61. The van der Waals surface area contributed by atoms with Crippen LogP contribution in [0.2, 0.25) is 0 Å². The Morgan fingerprint density at radius 2 is 2.21 bits per heavy atom. The number of carbonyl (C=O) groups is 1. The normalized spacial score (nSPS) is 11.9. The van der Waals surface area contributed by atoms with E-state index in [1.807, 2.05) is 6.07 Å². The van der Waals surface area contributed by atoms with E-state index in [4.69, 9.17) is 0 Å². The molecule has 0 aliphatic carbocycles. The van der Waals surface area contributed by atoms with Crippen molar-refractivity contribution in [3.8, 4) is 0 Å². The summed E-state index contributed by atoms with van der Waals surface area (Å²) < 4.78 is 13.2. The van der Waals surface area contributed by atoms with Crippen molar-refractivity contribution in [1.82, 2.24) is 20.2 Å². The zero-order valence-electron chi connectivity index (χ0n) is 13.0. The molecular weight excluding hydrogens is 309 g/mol. The molecule has 0 aliphatic rings. The van der Waals surface area contributed by atoms with Crippen LogP contribution in [0.1, 0.15) is 29.8 Å². The van der Waals surface area contributed by atoms with Crippen molar-refractivity contribution in [2.45, 2.75) is 19.3 Å². The first-order valence-electron chi connectivity index (χ1n) is 7.48. The smallest absolute Gasteiger partial charge is 0.248 e. The van der Waals surface area contributed by atoms with E-state index >= 15 is 0 Å². The number of rotatable bonds is 5. The van der Waals surface area contributed by atoms with Crippen molar-refractivity contribution >= 4 is 11.9 Å². The maximum absolute atomic E-state index is 13.2. The Morgan fingerprint density at radius 3 is 2.96 bits per heavy atom. The van der Waals surface area contributed by atoms with Crippen LogP contribution in [0, 0.1) is 5.82 Å². The molecule has 0 saturated heterocycles. The van der Waals surface area contributed by atoms with Crippen LogP contribution in [0.15, 0.2) is 48.8 Å². The maximum atomic E-state index is 13.2. The number of nitrogens with one attached hydrogen (secondary N) is 2. The standard InChI is InChI=1S/C17H16FN5O/c1-11(13-5-3-7-19-10-13)16(24)21-17-20-15(22-23-17)9-12-4-2-6-14(18)8-12/h2-8,10-11H,9H2,1H3,(H2,20,21,22,23,24)/t11-/m1/s1. The molecular formula is C17H16FN5O. The Kier molecular flexibility index (Phi) is 4.60. The zero-order chi connectivity index (χ0) is 16.9. The quantitative estimate of drug-likeness (QED) is 0.755. The van der Waals surface area contributed by atoms with Crippen molar-refractivity contribution in [3.05, 3.63) is 71.6 Å². The lowest BCUT2D eigenvalue weighted by molar-refractivity contribution is -0.117. The van der Waals surface area contributed by atoms with E-state index in [1.54, 1.807) is 37.5 Å². The number of aromatic nitrogens is 4. The van der Waals surface area contributed by atoms with Gasteiger partial charge in [-0.2, -0.15) is 4.98 Å². The molecule has 122 valence electrons. The number of nitrogens with zero attached hydrogens (tertiary/aromatic N) is 3. The van der Waals surface area contributed by atoms with Crippen molar-refractivity contribution in [2.75, 3.05) is 5.32 Å². The minimum absolute atomic E-state index is 0.196. The number of benzene rings is 1. The fourth-order valence-electron chi connectivity index (χ4n) is 2.27. The lowest BCUT2D eigenvalue weighted by Crippen LogP contribution is -2.19. The van der Waals surface area contributed by atoms with E-state index in [9.17, 15) is 9.18 Å². The van der Waals surface area contributed by atoms with E-state index in [2.05, 4.69) is 25.5 Å². The number of anilines is 1. The number of H-pyrrole nitrogens is 1. The summed E-state index contributed by atoms with van der Waals surface area (Å²) >= 11 is 0. The van der Waals surface area contributed by atoms with Gasteiger partial charge in [-0.25, -0.2) is 4.39 Å². The van der Waals surface area contributed by atoms with Crippen molar-refractivity contribution < 1.29 is 9.18 Å². The van der Waals surface area contributed by atoms with Gasteiger partial charge in [0.15, 0.2) is 0 Å². The number of aromatic amines is 1. The Morgan fingerprint density at radius 1 is 1.33 bits per heavy atom. The molecule has 2 aromatic heterocycles. The summed E-state index contributed by atoms with van der Waals surface area (Å²) in [4.78, 5) is 20.5. The van der Waals surface area contributed by atoms with Gasteiger partial charge in [0.05, 0.1) is 5.92 Å².